The van der Waals surface area contributed by atoms with Gasteiger partial charge in [0.15, 0.2) is 0 Å². The standard InChI is InChI=1S/C19H20N6O/c26-18(14-25-22-19(21-23-25)15-7-3-1-4-8-15)24-12-11-17(13-24)20-16-9-5-2-6-10-16/h1-10,17,20H,11-14H2. The lowest BCUT2D eigenvalue weighted by Crippen LogP contribution is -2.34. The highest BCUT2D eigenvalue weighted by Crippen LogP contribution is 2.16. The van der Waals surface area contributed by atoms with E-state index in [-0.39, 0.29) is 18.5 Å². The maximum atomic E-state index is 12.5. The number of benzene rings is 2. The normalized spacial score (nSPS) is 16.6. The van der Waals surface area contributed by atoms with E-state index < -0.39 is 0 Å². The van der Waals surface area contributed by atoms with E-state index in [9.17, 15) is 4.79 Å². The zero-order chi connectivity index (χ0) is 17.8. The van der Waals surface area contributed by atoms with Crippen molar-refractivity contribution in [3.05, 3.63) is 60.7 Å². The number of rotatable bonds is 5. The number of aromatic nitrogens is 4. The third-order valence-corrected chi connectivity index (χ3v) is 4.45. The van der Waals surface area contributed by atoms with Crippen molar-refractivity contribution in [2.24, 2.45) is 0 Å². The average Bonchev–Trinajstić information content (AvgIpc) is 3.33. The second-order valence-corrected chi connectivity index (χ2v) is 6.35. The highest BCUT2D eigenvalue weighted by atomic mass is 16.2. The zero-order valence-corrected chi connectivity index (χ0v) is 14.3. The van der Waals surface area contributed by atoms with Crippen LogP contribution >= 0.6 is 0 Å². The number of carbonyl (C=O) groups excluding carboxylic acids is 1. The Morgan fingerprint density at radius 2 is 1.81 bits per heavy atom. The molecule has 1 aliphatic rings. The molecule has 1 atom stereocenters. The van der Waals surface area contributed by atoms with Gasteiger partial charge in [-0.2, -0.15) is 4.80 Å². The van der Waals surface area contributed by atoms with E-state index in [0.29, 0.717) is 12.4 Å². The van der Waals surface area contributed by atoms with E-state index in [0.717, 1.165) is 24.2 Å². The number of nitrogens with one attached hydrogen (secondary N) is 1. The van der Waals surface area contributed by atoms with Gasteiger partial charge in [0, 0.05) is 30.4 Å². The number of likely N-dealkylation sites (tertiary alicyclic amines) is 1. The number of tetrazole rings is 1. The van der Waals surface area contributed by atoms with Gasteiger partial charge in [0.2, 0.25) is 11.7 Å². The van der Waals surface area contributed by atoms with Crippen LogP contribution in [-0.4, -0.2) is 50.1 Å². The number of para-hydroxylation sites is 1. The quantitative estimate of drug-likeness (QED) is 0.764. The van der Waals surface area contributed by atoms with Crippen molar-refractivity contribution in [1.29, 1.82) is 0 Å². The Balaban J connectivity index is 1.34. The summed E-state index contributed by atoms with van der Waals surface area (Å²) in [7, 11) is 0. The highest BCUT2D eigenvalue weighted by molar-refractivity contribution is 5.76. The largest absolute Gasteiger partial charge is 0.380 e. The molecule has 7 nitrogen and oxygen atoms in total. The molecule has 0 bridgehead atoms. The van der Waals surface area contributed by atoms with Crippen LogP contribution in [0.4, 0.5) is 5.69 Å². The molecular formula is C19H20N6O. The SMILES string of the molecule is O=C(Cn1nnc(-c2ccccc2)n1)N1CCC(Nc2ccccc2)C1. The summed E-state index contributed by atoms with van der Waals surface area (Å²) in [5, 5.41) is 15.8. The maximum absolute atomic E-state index is 12.5. The van der Waals surface area contributed by atoms with E-state index >= 15 is 0 Å². The van der Waals surface area contributed by atoms with E-state index in [1.807, 2.05) is 65.6 Å². The van der Waals surface area contributed by atoms with E-state index in [2.05, 4.69) is 20.7 Å². The molecule has 3 aromatic rings. The monoisotopic (exact) mass is 348 g/mol. The second-order valence-electron chi connectivity index (χ2n) is 6.35. The molecule has 132 valence electrons. The maximum Gasteiger partial charge on any atom is 0.246 e. The van der Waals surface area contributed by atoms with Crippen LogP contribution in [0.15, 0.2) is 60.7 Å². The molecule has 2 heterocycles. The predicted molar refractivity (Wildman–Crippen MR) is 98.3 cm³/mol. The van der Waals surface area contributed by atoms with Crippen molar-refractivity contribution in [3.8, 4) is 11.4 Å². The molecule has 1 amide bonds. The fourth-order valence-electron chi connectivity index (χ4n) is 3.11. The molecular weight excluding hydrogens is 328 g/mol. The lowest BCUT2D eigenvalue weighted by Gasteiger charge is -2.17. The van der Waals surface area contributed by atoms with Gasteiger partial charge in [0.1, 0.15) is 6.54 Å². The van der Waals surface area contributed by atoms with Crippen molar-refractivity contribution in [3.63, 3.8) is 0 Å². The van der Waals surface area contributed by atoms with Crippen LogP contribution in [0.25, 0.3) is 11.4 Å². The van der Waals surface area contributed by atoms with Crippen LogP contribution in [0.3, 0.4) is 0 Å². The Bertz CT molecular complexity index is 864. The summed E-state index contributed by atoms with van der Waals surface area (Å²) in [5.74, 6) is 0.544. The number of hydrogen-bond donors (Lipinski definition) is 1. The molecule has 7 heteroatoms. The average molecular weight is 348 g/mol. The molecule has 0 radical (unpaired) electrons. The Labute approximate surface area is 151 Å². The van der Waals surface area contributed by atoms with Gasteiger partial charge in [0.05, 0.1) is 0 Å². The number of carbonyl (C=O) groups is 1. The first-order valence-electron chi connectivity index (χ1n) is 8.70. The second kappa shape index (κ2) is 7.35. The summed E-state index contributed by atoms with van der Waals surface area (Å²) < 4.78 is 0. The smallest absolute Gasteiger partial charge is 0.246 e. The summed E-state index contributed by atoms with van der Waals surface area (Å²) in [6, 6.07) is 20.0. The molecule has 26 heavy (non-hydrogen) atoms. The van der Waals surface area contributed by atoms with Gasteiger partial charge >= 0.3 is 0 Å². The fraction of sp³-hybridized carbons (Fsp3) is 0.263. The molecule has 0 saturated carbocycles. The molecule has 4 rings (SSSR count). The first kappa shape index (κ1) is 16.3. The first-order valence-corrected chi connectivity index (χ1v) is 8.70. The van der Waals surface area contributed by atoms with Gasteiger partial charge < -0.3 is 10.2 Å². The molecule has 0 aliphatic carbocycles. The highest BCUT2D eigenvalue weighted by Gasteiger charge is 2.26. The Hall–Kier alpha value is -3.22. The summed E-state index contributed by atoms with van der Waals surface area (Å²) >= 11 is 0. The van der Waals surface area contributed by atoms with Crippen LogP contribution in [-0.2, 0) is 11.3 Å². The van der Waals surface area contributed by atoms with Gasteiger partial charge in [-0.1, -0.05) is 48.5 Å². The van der Waals surface area contributed by atoms with E-state index in [1.54, 1.807) is 0 Å². The third kappa shape index (κ3) is 3.72. The summed E-state index contributed by atoms with van der Waals surface area (Å²) in [4.78, 5) is 15.7. The minimum atomic E-state index is 0.0133. The van der Waals surface area contributed by atoms with E-state index in [1.165, 1.54) is 4.80 Å². The predicted octanol–water partition coefficient (Wildman–Crippen LogP) is 2.05. The van der Waals surface area contributed by atoms with Gasteiger partial charge in [0.25, 0.3) is 0 Å². The van der Waals surface area contributed by atoms with Crippen molar-refractivity contribution in [2.45, 2.75) is 19.0 Å². The molecule has 1 aromatic heterocycles. The van der Waals surface area contributed by atoms with Crippen molar-refractivity contribution in [1.82, 2.24) is 25.1 Å². The Morgan fingerprint density at radius 3 is 2.58 bits per heavy atom. The molecule has 1 N–H and O–H groups in total. The van der Waals surface area contributed by atoms with Gasteiger partial charge in [-0.25, -0.2) is 0 Å². The Kier molecular flexibility index (Phi) is 4.59. The number of hydrogen-bond acceptors (Lipinski definition) is 5. The minimum Gasteiger partial charge on any atom is -0.380 e. The van der Waals surface area contributed by atoms with Crippen LogP contribution in [0, 0.1) is 0 Å². The van der Waals surface area contributed by atoms with E-state index in [4.69, 9.17) is 0 Å². The van der Waals surface area contributed by atoms with Gasteiger partial charge in [-0.3, -0.25) is 4.79 Å². The van der Waals surface area contributed by atoms with Crippen LogP contribution in [0.5, 0.6) is 0 Å². The molecule has 1 unspecified atom stereocenters. The Morgan fingerprint density at radius 1 is 1.08 bits per heavy atom. The number of anilines is 1. The van der Waals surface area contributed by atoms with Crippen molar-refractivity contribution in [2.75, 3.05) is 18.4 Å². The summed E-state index contributed by atoms with van der Waals surface area (Å²) in [6.45, 7) is 1.54. The molecule has 1 fully saturated rings. The van der Waals surface area contributed by atoms with Crippen LogP contribution in [0.2, 0.25) is 0 Å². The fourth-order valence-corrected chi connectivity index (χ4v) is 3.11. The summed E-state index contributed by atoms with van der Waals surface area (Å²) in [6.07, 6.45) is 0.931. The topological polar surface area (TPSA) is 75.9 Å². The lowest BCUT2D eigenvalue weighted by molar-refractivity contribution is -0.131. The summed E-state index contributed by atoms with van der Waals surface area (Å²) in [5.41, 5.74) is 1.97. The number of amides is 1. The third-order valence-electron chi connectivity index (χ3n) is 4.45. The zero-order valence-electron chi connectivity index (χ0n) is 14.3. The van der Waals surface area contributed by atoms with Crippen molar-refractivity contribution >= 4 is 11.6 Å². The van der Waals surface area contributed by atoms with Crippen LogP contribution in [0.1, 0.15) is 6.42 Å². The van der Waals surface area contributed by atoms with Crippen molar-refractivity contribution < 1.29 is 4.79 Å². The molecule has 1 aliphatic heterocycles. The first-order chi connectivity index (χ1) is 12.8. The number of nitrogens with zero attached hydrogens (tertiary/aromatic N) is 5. The van der Waals surface area contributed by atoms with Gasteiger partial charge in [-0.05, 0) is 23.8 Å². The lowest BCUT2D eigenvalue weighted by atomic mass is 10.2. The minimum absolute atomic E-state index is 0.0133. The van der Waals surface area contributed by atoms with Crippen LogP contribution < -0.4 is 5.32 Å². The van der Waals surface area contributed by atoms with Gasteiger partial charge in [-0.15, -0.1) is 10.2 Å². The molecule has 2 aromatic carbocycles. The molecule has 0 spiro atoms. The molecule has 1 saturated heterocycles.